The zero-order chi connectivity index (χ0) is 35.2. The maximum absolute atomic E-state index is 13.2. The van der Waals surface area contributed by atoms with Crippen LogP contribution in [-0.2, 0) is 10.2 Å². The number of carbonyl (C=O) groups excluding carboxylic acids is 3. The predicted octanol–water partition coefficient (Wildman–Crippen LogP) is 7.38. The number of nitrogens with zero attached hydrogens (tertiary/aromatic N) is 4. The molecular formula is C37H45N7O5. The Balaban J connectivity index is 1.21. The molecule has 2 aromatic carbocycles. The number of urea groups is 1. The van der Waals surface area contributed by atoms with E-state index in [-0.39, 0.29) is 23.3 Å². The normalized spacial score (nSPS) is 13.8. The first-order chi connectivity index (χ1) is 23.2. The third-order valence-electron chi connectivity index (χ3n) is 7.89. The number of amides is 4. The largest absolute Gasteiger partial charge is 0.457 e. The van der Waals surface area contributed by atoms with Crippen LogP contribution < -0.4 is 20.7 Å². The van der Waals surface area contributed by atoms with Crippen LogP contribution in [0.15, 0.2) is 79.1 Å². The summed E-state index contributed by atoms with van der Waals surface area (Å²) in [4.78, 5) is 44.5. The summed E-state index contributed by atoms with van der Waals surface area (Å²) in [7, 11) is 0. The van der Waals surface area contributed by atoms with E-state index in [9.17, 15) is 14.4 Å². The van der Waals surface area contributed by atoms with Crippen LogP contribution in [0.5, 0.6) is 11.5 Å². The minimum absolute atomic E-state index is 0.205. The van der Waals surface area contributed by atoms with Crippen molar-refractivity contribution in [3.05, 3.63) is 90.4 Å². The summed E-state index contributed by atoms with van der Waals surface area (Å²) in [5.74, 6) is 1.79. The van der Waals surface area contributed by atoms with Gasteiger partial charge in [-0.3, -0.25) is 15.1 Å². The number of carbonyl (C=O) groups is 3. The quantitative estimate of drug-likeness (QED) is 0.178. The van der Waals surface area contributed by atoms with E-state index in [1.54, 1.807) is 76.6 Å². The molecular weight excluding hydrogens is 622 g/mol. The van der Waals surface area contributed by atoms with Crippen LogP contribution in [0, 0.1) is 5.92 Å². The van der Waals surface area contributed by atoms with E-state index in [1.807, 2.05) is 53.7 Å². The van der Waals surface area contributed by atoms with Crippen LogP contribution in [0.3, 0.4) is 0 Å². The number of hydrogen-bond donors (Lipinski definition) is 3. The fraction of sp³-hybridized carbons (Fsp3) is 0.378. The molecule has 0 saturated carbocycles. The molecule has 1 aliphatic heterocycles. The van der Waals surface area contributed by atoms with Crippen molar-refractivity contribution in [2.75, 3.05) is 30.3 Å². The van der Waals surface area contributed by atoms with Crippen LogP contribution in [0.1, 0.15) is 70.4 Å². The molecule has 0 radical (unpaired) electrons. The van der Waals surface area contributed by atoms with Gasteiger partial charge in [-0.05, 0) is 94.1 Å². The van der Waals surface area contributed by atoms with E-state index >= 15 is 0 Å². The highest BCUT2D eigenvalue weighted by Crippen LogP contribution is 2.28. The number of anilines is 2. The second-order valence-corrected chi connectivity index (χ2v) is 14.1. The SMILES string of the molecule is CC(C)(C)OC(=O)N1CCC(CNC(=O)c2cccc(-n3nc(C(C)(C)C)cc3NC(=O)Nc3ccc(Oc4ccncc4)cc3)c2)CC1. The van der Waals surface area contributed by atoms with Gasteiger partial charge in [0.15, 0.2) is 0 Å². The molecule has 1 fully saturated rings. The molecule has 0 bridgehead atoms. The van der Waals surface area contributed by atoms with Crippen molar-refractivity contribution in [2.45, 2.75) is 65.4 Å². The van der Waals surface area contributed by atoms with E-state index in [0.717, 1.165) is 18.5 Å². The van der Waals surface area contributed by atoms with Crippen molar-refractivity contribution >= 4 is 29.5 Å². The van der Waals surface area contributed by atoms with Gasteiger partial charge in [0.2, 0.25) is 0 Å². The average Bonchev–Trinajstić information content (AvgIpc) is 3.49. The number of pyridine rings is 1. The van der Waals surface area contributed by atoms with E-state index in [1.165, 1.54) is 0 Å². The summed E-state index contributed by atoms with van der Waals surface area (Å²) >= 11 is 0. The van der Waals surface area contributed by atoms with Crippen molar-refractivity contribution < 1.29 is 23.9 Å². The molecule has 0 spiro atoms. The van der Waals surface area contributed by atoms with Crippen LogP contribution in [0.2, 0.25) is 0 Å². The fourth-order valence-electron chi connectivity index (χ4n) is 5.22. The Morgan fingerprint density at radius 3 is 2.18 bits per heavy atom. The first-order valence-corrected chi connectivity index (χ1v) is 16.5. The summed E-state index contributed by atoms with van der Waals surface area (Å²) < 4.78 is 12.9. The molecule has 4 aromatic rings. The van der Waals surface area contributed by atoms with Crippen molar-refractivity contribution in [3.63, 3.8) is 0 Å². The Labute approximate surface area is 287 Å². The van der Waals surface area contributed by atoms with Crippen molar-refractivity contribution in [2.24, 2.45) is 5.92 Å². The molecule has 12 heteroatoms. The highest BCUT2D eigenvalue weighted by molar-refractivity contribution is 5.99. The number of benzene rings is 2. The third kappa shape index (κ3) is 9.82. The molecule has 2 aromatic heterocycles. The molecule has 5 rings (SSSR count). The Kier molecular flexibility index (Phi) is 10.5. The minimum Gasteiger partial charge on any atom is -0.457 e. The average molecular weight is 668 g/mol. The van der Waals surface area contributed by atoms with E-state index in [0.29, 0.717) is 53.9 Å². The van der Waals surface area contributed by atoms with Gasteiger partial charge in [0.1, 0.15) is 22.9 Å². The molecule has 49 heavy (non-hydrogen) atoms. The van der Waals surface area contributed by atoms with Crippen molar-refractivity contribution in [3.8, 4) is 17.2 Å². The van der Waals surface area contributed by atoms with Gasteiger partial charge in [0.25, 0.3) is 5.91 Å². The Morgan fingerprint density at radius 1 is 0.857 bits per heavy atom. The number of ether oxygens (including phenoxy) is 2. The topological polar surface area (TPSA) is 140 Å². The summed E-state index contributed by atoms with van der Waals surface area (Å²) in [5.41, 5.74) is 1.62. The molecule has 3 heterocycles. The fourth-order valence-corrected chi connectivity index (χ4v) is 5.22. The molecule has 3 N–H and O–H groups in total. The van der Waals surface area contributed by atoms with Crippen molar-refractivity contribution in [1.29, 1.82) is 0 Å². The number of piperidine rings is 1. The van der Waals surface area contributed by atoms with Crippen LogP contribution in [-0.4, -0.2) is 62.9 Å². The Hall–Kier alpha value is -5.39. The van der Waals surface area contributed by atoms with Gasteiger partial charge in [-0.2, -0.15) is 5.10 Å². The highest BCUT2D eigenvalue weighted by Gasteiger charge is 2.27. The van der Waals surface area contributed by atoms with E-state index < -0.39 is 11.6 Å². The lowest BCUT2D eigenvalue weighted by Crippen LogP contribution is -2.43. The van der Waals surface area contributed by atoms with E-state index in [4.69, 9.17) is 14.6 Å². The molecule has 4 amide bonds. The van der Waals surface area contributed by atoms with Crippen LogP contribution >= 0.6 is 0 Å². The van der Waals surface area contributed by atoms with Crippen LogP contribution in [0.4, 0.5) is 21.1 Å². The first-order valence-electron chi connectivity index (χ1n) is 16.5. The standard InChI is InChI=1S/C37H45N7O5/c1-36(2,3)31-23-32(41-34(46)40-27-10-12-29(13-11-27)48-30-14-18-38-19-15-30)44(42-31)28-9-7-8-26(22-28)33(45)39-24-25-16-20-43(21-17-25)35(47)49-37(4,5)6/h7-15,18-19,22-23,25H,16-17,20-21,24H2,1-6H3,(H,39,45)(H2,40,41,46). The second-order valence-electron chi connectivity index (χ2n) is 14.1. The zero-order valence-electron chi connectivity index (χ0n) is 28.9. The number of likely N-dealkylation sites (tertiary alicyclic amines) is 1. The smallest absolute Gasteiger partial charge is 0.410 e. The van der Waals surface area contributed by atoms with Gasteiger partial charge in [0.05, 0.1) is 11.4 Å². The van der Waals surface area contributed by atoms with Gasteiger partial charge < -0.3 is 25.0 Å². The van der Waals surface area contributed by atoms with Gasteiger partial charge >= 0.3 is 12.1 Å². The van der Waals surface area contributed by atoms with Gasteiger partial charge in [0, 0.05) is 54.8 Å². The number of rotatable bonds is 8. The number of nitrogens with one attached hydrogen (secondary N) is 3. The molecule has 0 aliphatic carbocycles. The molecule has 258 valence electrons. The highest BCUT2D eigenvalue weighted by atomic mass is 16.6. The summed E-state index contributed by atoms with van der Waals surface area (Å²) in [6.45, 7) is 13.4. The molecule has 0 atom stereocenters. The molecule has 1 saturated heterocycles. The van der Waals surface area contributed by atoms with Crippen molar-refractivity contribution in [1.82, 2.24) is 25.0 Å². The lowest BCUT2D eigenvalue weighted by Gasteiger charge is -2.33. The lowest BCUT2D eigenvalue weighted by molar-refractivity contribution is 0.0183. The zero-order valence-corrected chi connectivity index (χ0v) is 28.9. The number of aromatic nitrogens is 3. The predicted molar refractivity (Wildman–Crippen MR) is 189 cm³/mol. The molecule has 1 aliphatic rings. The third-order valence-corrected chi connectivity index (χ3v) is 7.89. The number of hydrogen-bond acceptors (Lipinski definition) is 7. The Bertz CT molecular complexity index is 1750. The second kappa shape index (κ2) is 14.8. The van der Waals surface area contributed by atoms with Crippen LogP contribution in [0.25, 0.3) is 5.69 Å². The lowest BCUT2D eigenvalue weighted by atomic mass is 9.92. The summed E-state index contributed by atoms with van der Waals surface area (Å²) in [5, 5.41) is 13.6. The van der Waals surface area contributed by atoms with Gasteiger partial charge in [-0.1, -0.05) is 26.8 Å². The maximum atomic E-state index is 13.2. The van der Waals surface area contributed by atoms with Gasteiger partial charge in [-0.15, -0.1) is 0 Å². The Morgan fingerprint density at radius 2 is 1.53 bits per heavy atom. The first kappa shape index (κ1) is 34.9. The summed E-state index contributed by atoms with van der Waals surface area (Å²) in [6.07, 6.45) is 4.57. The minimum atomic E-state index is -0.533. The monoisotopic (exact) mass is 667 g/mol. The molecule has 12 nitrogen and oxygen atoms in total. The maximum Gasteiger partial charge on any atom is 0.410 e. The molecule has 0 unspecified atom stereocenters. The van der Waals surface area contributed by atoms with E-state index in [2.05, 4.69) is 20.9 Å². The summed E-state index contributed by atoms with van der Waals surface area (Å²) in [6, 6.07) is 19.1. The van der Waals surface area contributed by atoms with Gasteiger partial charge in [-0.25, -0.2) is 14.3 Å².